The molecule has 0 unspecified atom stereocenters. The van der Waals surface area contributed by atoms with Crippen LogP contribution in [-0.4, -0.2) is 20.3 Å². The predicted molar refractivity (Wildman–Crippen MR) is 61.6 cm³/mol. The number of aromatic amines is 1. The molecule has 8 heteroatoms. The van der Waals surface area contributed by atoms with Crippen LogP contribution in [-0.2, 0) is 0 Å². The summed E-state index contributed by atoms with van der Waals surface area (Å²) in [7, 11) is 0. The molecule has 0 aliphatic carbocycles. The molecule has 0 aliphatic heterocycles. The lowest BCUT2D eigenvalue weighted by atomic mass is 10.2. The van der Waals surface area contributed by atoms with Crippen molar-refractivity contribution in [3.8, 4) is 23.0 Å². The van der Waals surface area contributed by atoms with E-state index in [1.54, 1.807) is 0 Å². The van der Waals surface area contributed by atoms with Crippen molar-refractivity contribution in [3.05, 3.63) is 35.9 Å². The molecule has 2 aromatic heterocycles. The zero-order chi connectivity index (χ0) is 13.4. The van der Waals surface area contributed by atoms with E-state index in [1.165, 1.54) is 12.1 Å². The van der Waals surface area contributed by atoms with Gasteiger partial charge in [0.25, 0.3) is 5.89 Å². The third-order valence-corrected chi connectivity index (χ3v) is 2.43. The summed E-state index contributed by atoms with van der Waals surface area (Å²) in [4.78, 5) is 4.04. The first-order chi connectivity index (χ1) is 9.13. The number of nitrogen functional groups attached to an aromatic ring is 1. The smallest absolute Gasteiger partial charge is 0.276 e. The van der Waals surface area contributed by atoms with Gasteiger partial charge in [0.2, 0.25) is 5.82 Å². The molecule has 19 heavy (non-hydrogen) atoms. The van der Waals surface area contributed by atoms with Crippen LogP contribution in [0.25, 0.3) is 23.0 Å². The lowest BCUT2D eigenvalue weighted by Gasteiger charge is -1.95. The van der Waals surface area contributed by atoms with Gasteiger partial charge in [0.15, 0.2) is 11.6 Å². The van der Waals surface area contributed by atoms with Gasteiger partial charge in [-0.1, -0.05) is 5.16 Å². The van der Waals surface area contributed by atoms with Gasteiger partial charge in [-0.25, -0.2) is 8.78 Å². The number of rotatable bonds is 2. The summed E-state index contributed by atoms with van der Waals surface area (Å²) >= 11 is 0. The zero-order valence-electron chi connectivity index (χ0n) is 9.39. The topological polar surface area (TPSA) is 93.6 Å². The first-order valence-corrected chi connectivity index (χ1v) is 5.24. The van der Waals surface area contributed by atoms with Gasteiger partial charge >= 0.3 is 0 Å². The second-order valence-corrected chi connectivity index (χ2v) is 3.76. The fourth-order valence-electron chi connectivity index (χ4n) is 1.53. The van der Waals surface area contributed by atoms with Crippen LogP contribution in [0.3, 0.4) is 0 Å². The molecule has 0 aliphatic rings. The molecule has 1 aromatic carbocycles. The maximum Gasteiger partial charge on any atom is 0.276 e. The molecule has 0 bridgehead atoms. The van der Waals surface area contributed by atoms with Crippen molar-refractivity contribution in [2.75, 3.05) is 5.73 Å². The van der Waals surface area contributed by atoms with Crippen LogP contribution in [0.1, 0.15) is 0 Å². The van der Waals surface area contributed by atoms with Crippen molar-refractivity contribution >= 4 is 5.82 Å². The molecule has 0 saturated carbocycles. The Morgan fingerprint density at radius 2 is 2.00 bits per heavy atom. The van der Waals surface area contributed by atoms with Crippen molar-refractivity contribution in [2.24, 2.45) is 0 Å². The summed E-state index contributed by atoms with van der Waals surface area (Å²) in [6.07, 6.45) is 0. The molecular formula is C11H7F2N5O. The van der Waals surface area contributed by atoms with E-state index in [0.29, 0.717) is 11.3 Å². The molecule has 96 valence electrons. The number of nitrogens with one attached hydrogen (secondary N) is 1. The minimum atomic E-state index is -0.977. The second kappa shape index (κ2) is 4.16. The normalized spacial score (nSPS) is 10.8. The third-order valence-electron chi connectivity index (χ3n) is 2.43. The van der Waals surface area contributed by atoms with Crippen molar-refractivity contribution in [1.29, 1.82) is 0 Å². The van der Waals surface area contributed by atoms with Crippen LogP contribution in [0.15, 0.2) is 28.8 Å². The quantitative estimate of drug-likeness (QED) is 0.737. The van der Waals surface area contributed by atoms with Gasteiger partial charge in [-0.05, 0) is 18.2 Å². The fourth-order valence-corrected chi connectivity index (χ4v) is 1.53. The summed E-state index contributed by atoms with van der Waals surface area (Å²) in [6.45, 7) is 0. The van der Waals surface area contributed by atoms with E-state index >= 15 is 0 Å². The first kappa shape index (κ1) is 11.3. The highest BCUT2D eigenvalue weighted by Crippen LogP contribution is 2.22. The highest BCUT2D eigenvalue weighted by Gasteiger charge is 2.14. The van der Waals surface area contributed by atoms with Crippen LogP contribution < -0.4 is 5.73 Å². The molecule has 0 amide bonds. The van der Waals surface area contributed by atoms with Crippen molar-refractivity contribution in [2.45, 2.75) is 0 Å². The summed E-state index contributed by atoms with van der Waals surface area (Å²) in [5, 5.41) is 10.00. The van der Waals surface area contributed by atoms with Crippen LogP contribution in [0.4, 0.5) is 14.6 Å². The lowest BCUT2D eigenvalue weighted by molar-refractivity contribution is 0.431. The van der Waals surface area contributed by atoms with Crippen LogP contribution in [0.2, 0.25) is 0 Å². The average molecular weight is 263 g/mol. The van der Waals surface area contributed by atoms with E-state index in [1.807, 2.05) is 0 Å². The maximum atomic E-state index is 13.1. The maximum absolute atomic E-state index is 13.1. The Kier molecular flexibility index (Phi) is 2.48. The number of H-pyrrole nitrogens is 1. The van der Waals surface area contributed by atoms with Crippen molar-refractivity contribution in [3.63, 3.8) is 0 Å². The second-order valence-electron chi connectivity index (χ2n) is 3.76. The van der Waals surface area contributed by atoms with E-state index in [-0.39, 0.29) is 17.5 Å². The fraction of sp³-hybridized carbons (Fsp3) is 0. The summed E-state index contributed by atoms with van der Waals surface area (Å²) in [5.74, 6) is -1.34. The van der Waals surface area contributed by atoms with Crippen molar-refractivity contribution in [1.82, 2.24) is 20.3 Å². The minimum Gasteiger partial charge on any atom is -0.382 e. The number of benzene rings is 1. The summed E-state index contributed by atoms with van der Waals surface area (Å²) in [5.41, 5.74) is 6.20. The Bertz CT molecular complexity index is 736. The van der Waals surface area contributed by atoms with Gasteiger partial charge in [0.05, 0.1) is 0 Å². The molecule has 0 atom stereocenters. The van der Waals surface area contributed by atoms with E-state index in [4.69, 9.17) is 10.3 Å². The molecule has 0 radical (unpaired) electrons. The number of nitrogens with zero attached hydrogens (tertiary/aromatic N) is 3. The van der Waals surface area contributed by atoms with Crippen LogP contribution >= 0.6 is 0 Å². The molecule has 6 nitrogen and oxygen atoms in total. The summed E-state index contributed by atoms with van der Waals surface area (Å²) < 4.78 is 30.9. The number of anilines is 1. The Hall–Kier alpha value is -2.77. The number of aromatic nitrogens is 4. The molecule has 3 rings (SSSR count). The average Bonchev–Trinajstić information content (AvgIpc) is 3.01. The number of halogens is 2. The highest BCUT2D eigenvalue weighted by molar-refractivity contribution is 5.59. The van der Waals surface area contributed by atoms with Gasteiger partial charge in [-0.3, -0.25) is 5.10 Å². The molecule has 0 spiro atoms. The lowest BCUT2D eigenvalue weighted by Crippen LogP contribution is -1.87. The number of hydrogen-bond acceptors (Lipinski definition) is 5. The molecular weight excluding hydrogens is 256 g/mol. The van der Waals surface area contributed by atoms with Gasteiger partial charge in [0.1, 0.15) is 11.5 Å². The van der Waals surface area contributed by atoms with Crippen LogP contribution in [0.5, 0.6) is 0 Å². The predicted octanol–water partition coefficient (Wildman–Crippen LogP) is 1.99. The van der Waals surface area contributed by atoms with Gasteiger partial charge in [0, 0.05) is 11.6 Å². The van der Waals surface area contributed by atoms with E-state index in [2.05, 4.69) is 20.3 Å². The standard InChI is InChI=1S/C11H7F2N5O/c12-6-2-1-5(3-7(6)13)10-15-11(19-18-10)8-4-9(14)17-16-8/h1-4H,(H3,14,16,17). The van der Waals surface area contributed by atoms with E-state index in [9.17, 15) is 8.78 Å². The van der Waals surface area contributed by atoms with E-state index < -0.39 is 11.6 Å². The summed E-state index contributed by atoms with van der Waals surface area (Å²) in [6, 6.07) is 4.86. The Balaban J connectivity index is 1.98. The minimum absolute atomic E-state index is 0.141. The van der Waals surface area contributed by atoms with E-state index in [0.717, 1.165) is 12.1 Å². The van der Waals surface area contributed by atoms with Gasteiger partial charge < -0.3 is 10.3 Å². The third kappa shape index (κ3) is 2.03. The Morgan fingerprint density at radius 3 is 2.68 bits per heavy atom. The molecule has 2 heterocycles. The number of nitrogens with two attached hydrogens (primary N) is 1. The Labute approximate surface area is 105 Å². The molecule has 3 N–H and O–H groups in total. The first-order valence-electron chi connectivity index (χ1n) is 5.24. The van der Waals surface area contributed by atoms with Gasteiger partial charge in [-0.15, -0.1) is 0 Å². The molecule has 3 aromatic rings. The monoisotopic (exact) mass is 263 g/mol. The number of hydrogen-bond donors (Lipinski definition) is 2. The van der Waals surface area contributed by atoms with Crippen LogP contribution in [0, 0.1) is 11.6 Å². The van der Waals surface area contributed by atoms with Gasteiger partial charge in [-0.2, -0.15) is 10.1 Å². The SMILES string of the molecule is Nc1cc(-c2nc(-c3ccc(F)c(F)c3)no2)[nH]n1. The Morgan fingerprint density at radius 1 is 1.16 bits per heavy atom. The van der Waals surface area contributed by atoms with Crippen molar-refractivity contribution < 1.29 is 13.3 Å². The zero-order valence-corrected chi connectivity index (χ0v) is 9.39. The largest absolute Gasteiger partial charge is 0.382 e. The molecule has 0 fully saturated rings. The molecule has 0 saturated heterocycles. The highest BCUT2D eigenvalue weighted by atomic mass is 19.2.